The standard InChI is InChI=1S/C12H13N2O6.ClH/c1-17-7-5-6(11(15)19-3)8(12(16)20-4)9(14-13)10(7)18-2;/h5H,1-4H3;1H/q+1;/p-1. The van der Waals surface area contributed by atoms with Crippen LogP contribution in [-0.4, -0.2) is 40.4 Å². The molecule has 0 aliphatic heterocycles. The van der Waals surface area contributed by atoms with Gasteiger partial charge in [0, 0.05) is 0 Å². The SMILES string of the molecule is COC(=O)c1cc(OC)c(OC)c([N+]#N)c1C(=O)OC.[Cl-]. The van der Waals surface area contributed by atoms with Crippen molar-refractivity contribution in [2.24, 2.45) is 0 Å². The van der Waals surface area contributed by atoms with E-state index in [9.17, 15) is 9.59 Å². The monoisotopic (exact) mass is 316 g/mol. The zero-order valence-corrected chi connectivity index (χ0v) is 12.6. The molecule has 0 saturated carbocycles. The van der Waals surface area contributed by atoms with E-state index < -0.39 is 11.9 Å². The van der Waals surface area contributed by atoms with Crippen LogP contribution in [0.15, 0.2) is 6.07 Å². The molecule has 0 atom stereocenters. The number of carbonyl (C=O) groups is 2. The number of esters is 2. The highest BCUT2D eigenvalue weighted by Crippen LogP contribution is 2.42. The number of hydrogen-bond acceptors (Lipinski definition) is 7. The zero-order valence-electron chi connectivity index (χ0n) is 11.8. The molecular weight excluding hydrogens is 304 g/mol. The van der Waals surface area contributed by atoms with Crippen LogP contribution in [0.25, 0.3) is 4.98 Å². The van der Waals surface area contributed by atoms with E-state index in [1.165, 1.54) is 20.3 Å². The molecule has 114 valence electrons. The van der Waals surface area contributed by atoms with Crippen LogP contribution in [0.4, 0.5) is 5.69 Å². The lowest BCUT2D eigenvalue weighted by atomic mass is 10.0. The van der Waals surface area contributed by atoms with Crippen molar-refractivity contribution >= 4 is 17.6 Å². The van der Waals surface area contributed by atoms with E-state index in [1.54, 1.807) is 0 Å². The number of hydrogen-bond donors (Lipinski definition) is 0. The van der Waals surface area contributed by atoms with Crippen LogP contribution in [-0.2, 0) is 9.47 Å². The largest absolute Gasteiger partial charge is 1.00 e. The van der Waals surface area contributed by atoms with Crippen LogP contribution < -0.4 is 21.9 Å². The summed E-state index contributed by atoms with van der Waals surface area (Å²) in [5.74, 6) is -1.59. The van der Waals surface area contributed by atoms with Gasteiger partial charge in [-0.15, -0.1) is 0 Å². The molecule has 0 bridgehead atoms. The summed E-state index contributed by atoms with van der Waals surface area (Å²) in [7, 11) is 4.90. The van der Waals surface area contributed by atoms with Crippen LogP contribution in [0, 0.1) is 5.39 Å². The average Bonchev–Trinajstić information content (AvgIpc) is 2.50. The van der Waals surface area contributed by atoms with Gasteiger partial charge in [-0.2, -0.15) is 0 Å². The van der Waals surface area contributed by atoms with E-state index in [-0.39, 0.29) is 40.7 Å². The number of halogens is 1. The van der Waals surface area contributed by atoms with Gasteiger partial charge in [0.2, 0.25) is 5.39 Å². The van der Waals surface area contributed by atoms with E-state index >= 15 is 0 Å². The molecular formula is C12H13ClN2O6. The smallest absolute Gasteiger partial charge is 0.445 e. The van der Waals surface area contributed by atoms with Crippen molar-refractivity contribution in [2.75, 3.05) is 28.4 Å². The quantitative estimate of drug-likeness (QED) is 0.506. The second-order valence-electron chi connectivity index (χ2n) is 3.47. The molecule has 0 heterocycles. The van der Waals surface area contributed by atoms with E-state index in [0.29, 0.717) is 0 Å². The Kier molecular flexibility index (Phi) is 6.96. The first-order valence-electron chi connectivity index (χ1n) is 5.36. The molecule has 0 radical (unpaired) electrons. The van der Waals surface area contributed by atoms with Crippen LogP contribution in [0.1, 0.15) is 20.7 Å². The lowest BCUT2D eigenvalue weighted by Crippen LogP contribution is -3.00. The number of nitrogens with zero attached hydrogens (tertiary/aromatic N) is 2. The predicted molar refractivity (Wildman–Crippen MR) is 67.0 cm³/mol. The van der Waals surface area contributed by atoms with E-state index in [2.05, 4.69) is 14.4 Å². The molecule has 0 spiro atoms. The summed E-state index contributed by atoms with van der Waals surface area (Å²) >= 11 is 0. The van der Waals surface area contributed by atoms with Gasteiger partial charge in [-0.1, -0.05) is 0 Å². The molecule has 1 rings (SSSR count). The van der Waals surface area contributed by atoms with Crippen molar-refractivity contribution in [1.82, 2.24) is 0 Å². The van der Waals surface area contributed by atoms with Crippen molar-refractivity contribution in [1.29, 1.82) is 5.39 Å². The lowest BCUT2D eigenvalue weighted by Gasteiger charge is -2.10. The van der Waals surface area contributed by atoms with Gasteiger partial charge in [0.15, 0.2) is 16.3 Å². The second-order valence-corrected chi connectivity index (χ2v) is 3.47. The number of diazo groups is 1. The summed E-state index contributed by atoms with van der Waals surface area (Å²) in [6.07, 6.45) is 0. The van der Waals surface area contributed by atoms with Gasteiger partial charge in [-0.3, -0.25) is 0 Å². The Morgan fingerprint density at radius 2 is 1.62 bits per heavy atom. The fourth-order valence-electron chi connectivity index (χ4n) is 1.65. The highest BCUT2D eigenvalue weighted by atomic mass is 35.5. The van der Waals surface area contributed by atoms with Crippen molar-refractivity contribution < 1.29 is 40.9 Å². The third-order valence-electron chi connectivity index (χ3n) is 2.54. The summed E-state index contributed by atoms with van der Waals surface area (Å²) in [5, 5.41) is 9.10. The number of benzene rings is 1. The molecule has 0 aliphatic carbocycles. The first-order valence-corrected chi connectivity index (χ1v) is 5.36. The van der Waals surface area contributed by atoms with Crippen molar-refractivity contribution in [3.63, 3.8) is 0 Å². The molecule has 1 aromatic rings. The molecule has 0 aliphatic rings. The van der Waals surface area contributed by atoms with E-state index in [4.69, 9.17) is 14.9 Å². The van der Waals surface area contributed by atoms with Crippen molar-refractivity contribution in [3.05, 3.63) is 22.2 Å². The Bertz CT molecular complexity index is 596. The predicted octanol–water partition coefficient (Wildman–Crippen LogP) is -1.23. The Balaban J connectivity index is 0.00000400. The molecule has 1 aromatic carbocycles. The third-order valence-corrected chi connectivity index (χ3v) is 2.54. The molecule has 0 amide bonds. The second kappa shape index (κ2) is 7.91. The summed E-state index contributed by atoms with van der Waals surface area (Å²) < 4.78 is 19.2. The minimum Gasteiger partial charge on any atom is -1.00 e. The topological polar surface area (TPSA) is 99.2 Å². The molecule has 9 heteroatoms. The molecule has 0 unspecified atom stereocenters. The van der Waals surface area contributed by atoms with Crippen LogP contribution in [0.5, 0.6) is 11.5 Å². The third kappa shape index (κ3) is 3.32. The number of rotatable bonds is 4. The summed E-state index contributed by atoms with van der Waals surface area (Å²) in [4.78, 5) is 26.5. The molecule has 0 aromatic heterocycles. The van der Waals surface area contributed by atoms with Crippen LogP contribution in [0.2, 0.25) is 0 Å². The van der Waals surface area contributed by atoms with Gasteiger partial charge in [-0.05, 0) is 6.07 Å². The first kappa shape index (κ1) is 18.5. The van der Waals surface area contributed by atoms with Gasteiger partial charge in [-0.25, -0.2) is 9.59 Å². The van der Waals surface area contributed by atoms with Crippen molar-refractivity contribution in [3.8, 4) is 11.5 Å². The van der Waals surface area contributed by atoms with Gasteiger partial charge in [0.05, 0.1) is 34.0 Å². The molecule has 0 saturated heterocycles. The Morgan fingerprint density at radius 3 is 2.00 bits per heavy atom. The number of methoxy groups -OCH3 is 4. The van der Waals surface area contributed by atoms with Gasteiger partial charge < -0.3 is 31.4 Å². The normalized spacial score (nSPS) is 8.90. The van der Waals surface area contributed by atoms with Crippen LogP contribution >= 0.6 is 0 Å². The van der Waals surface area contributed by atoms with Crippen molar-refractivity contribution in [2.45, 2.75) is 0 Å². The molecule has 0 N–H and O–H groups in total. The van der Waals surface area contributed by atoms with Gasteiger partial charge in [0.25, 0.3) is 5.75 Å². The maximum atomic E-state index is 11.8. The lowest BCUT2D eigenvalue weighted by molar-refractivity contribution is -0.0000322. The zero-order chi connectivity index (χ0) is 15.3. The first-order chi connectivity index (χ1) is 9.55. The maximum Gasteiger partial charge on any atom is 0.445 e. The Hall–Kier alpha value is -2.53. The van der Waals surface area contributed by atoms with Crippen LogP contribution in [0.3, 0.4) is 0 Å². The maximum absolute atomic E-state index is 11.8. The minimum absolute atomic E-state index is 0. The van der Waals surface area contributed by atoms with E-state index in [0.717, 1.165) is 14.2 Å². The fourth-order valence-corrected chi connectivity index (χ4v) is 1.65. The molecule has 0 fully saturated rings. The number of ether oxygens (including phenoxy) is 4. The summed E-state index contributed by atoms with van der Waals surface area (Å²) in [5.41, 5.74) is -0.719. The molecule has 21 heavy (non-hydrogen) atoms. The van der Waals surface area contributed by atoms with Gasteiger partial charge >= 0.3 is 17.6 Å². The highest BCUT2D eigenvalue weighted by molar-refractivity contribution is 6.09. The average molecular weight is 317 g/mol. The van der Waals surface area contributed by atoms with Gasteiger partial charge in [0.1, 0.15) is 0 Å². The Labute approximate surface area is 127 Å². The fraction of sp³-hybridized carbons (Fsp3) is 0.333. The summed E-state index contributed by atoms with van der Waals surface area (Å²) in [6, 6.07) is 1.24. The van der Waals surface area contributed by atoms with E-state index in [1.807, 2.05) is 0 Å². The Morgan fingerprint density at radius 1 is 1.05 bits per heavy atom. The molecule has 8 nitrogen and oxygen atoms in total. The summed E-state index contributed by atoms with van der Waals surface area (Å²) in [6.45, 7) is 0. The minimum atomic E-state index is -0.876. The number of carbonyl (C=O) groups excluding carboxylic acids is 2. The highest BCUT2D eigenvalue weighted by Gasteiger charge is 2.36.